The molecule has 2 rings (SSSR count). The molecule has 4 heteroatoms. The number of pyridine rings is 1. The van der Waals surface area contributed by atoms with E-state index in [1.165, 1.54) is 5.56 Å². The van der Waals surface area contributed by atoms with Crippen molar-refractivity contribution in [1.29, 1.82) is 0 Å². The average Bonchev–Trinajstić information content (AvgIpc) is 2.46. The molecular weight excluding hydrogens is 238 g/mol. The summed E-state index contributed by atoms with van der Waals surface area (Å²) in [6, 6.07) is 11.5. The third-order valence-corrected chi connectivity index (χ3v) is 2.98. The highest BCUT2D eigenvalue weighted by atomic mass is 16.1. The minimum Gasteiger partial charge on any atom is -0.373 e. The topological polar surface area (TPSA) is 54.0 Å². The maximum absolute atomic E-state index is 12.0. The van der Waals surface area contributed by atoms with Gasteiger partial charge in [0.1, 0.15) is 5.82 Å². The Bertz CT molecular complexity index is 564. The van der Waals surface area contributed by atoms with Crippen LogP contribution in [0.2, 0.25) is 0 Å². The summed E-state index contributed by atoms with van der Waals surface area (Å²) in [5.74, 6) is 0.633. The molecule has 0 bridgehead atoms. The van der Waals surface area contributed by atoms with Crippen LogP contribution in [0.5, 0.6) is 0 Å². The number of anilines is 1. The maximum Gasteiger partial charge on any atom is 0.253 e. The molecule has 19 heavy (non-hydrogen) atoms. The summed E-state index contributed by atoms with van der Waals surface area (Å²) in [4.78, 5) is 16.1. The fourth-order valence-electron chi connectivity index (χ4n) is 1.76. The standard InChI is InChI=1S/C15H17N3O/c1-11-5-3-4-6-12(11)9-18-15(19)13-7-8-14(16-2)17-10-13/h3-8,10H,9H2,1-2H3,(H,16,17)(H,18,19). The van der Waals surface area contributed by atoms with Gasteiger partial charge in [-0.3, -0.25) is 4.79 Å². The van der Waals surface area contributed by atoms with Crippen molar-refractivity contribution in [2.45, 2.75) is 13.5 Å². The number of nitrogens with one attached hydrogen (secondary N) is 2. The van der Waals surface area contributed by atoms with Crippen LogP contribution in [0.4, 0.5) is 5.82 Å². The molecule has 0 spiro atoms. The average molecular weight is 255 g/mol. The molecule has 1 aromatic heterocycles. The van der Waals surface area contributed by atoms with Gasteiger partial charge in [0.25, 0.3) is 5.91 Å². The molecule has 1 aromatic carbocycles. The van der Waals surface area contributed by atoms with Gasteiger partial charge in [0.2, 0.25) is 0 Å². The maximum atomic E-state index is 12.0. The van der Waals surface area contributed by atoms with E-state index >= 15 is 0 Å². The summed E-state index contributed by atoms with van der Waals surface area (Å²) in [6.45, 7) is 2.56. The summed E-state index contributed by atoms with van der Waals surface area (Å²) in [5.41, 5.74) is 2.86. The van der Waals surface area contributed by atoms with Crippen molar-refractivity contribution in [2.24, 2.45) is 0 Å². The second-order valence-electron chi connectivity index (χ2n) is 4.29. The van der Waals surface area contributed by atoms with Crippen LogP contribution in [-0.2, 0) is 6.54 Å². The fraction of sp³-hybridized carbons (Fsp3) is 0.200. The number of nitrogens with zero attached hydrogens (tertiary/aromatic N) is 1. The molecule has 0 unspecified atom stereocenters. The second-order valence-corrected chi connectivity index (χ2v) is 4.29. The largest absolute Gasteiger partial charge is 0.373 e. The van der Waals surface area contributed by atoms with Crippen molar-refractivity contribution in [3.63, 3.8) is 0 Å². The van der Waals surface area contributed by atoms with Crippen LogP contribution in [0.3, 0.4) is 0 Å². The van der Waals surface area contributed by atoms with Gasteiger partial charge in [-0.2, -0.15) is 0 Å². The highest BCUT2D eigenvalue weighted by molar-refractivity contribution is 5.94. The van der Waals surface area contributed by atoms with Crippen LogP contribution in [-0.4, -0.2) is 17.9 Å². The van der Waals surface area contributed by atoms with Crippen molar-refractivity contribution in [1.82, 2.24) is 10.3 Å². The number of carbonyl (C=O) groups is 1. The Hall–Kier alpha value is -2.36. The van der Waals surface area contributed by atoms with E-state index in [0.717, 1.165) is 11.4 Å². The Balaban J connectivity index is 1.99. The van der Waals surface area contributed by atoms with Crippen molar-refractivity contribution in [2.75, 3.05) is 12.4 Å². The van der Waals surface area contributed by atoms with Gasteiger partial charge in [-0.1, -0.05) is 24.3 Å². The summed E-state index contributed by atoms with van der Waals surface area (Å²) in [5, 5.41) is 5.81. The van der Waals surface area contributed by atoms with Crippen LogP contribution in [0.1, 0.15) is 21.5 Å². The van der Waals surface area contributed by atoms with Crippen molar-refractivity contribution in [3.05, 3.63) is 59.3 Å². The van der Waals surface area contributed by atoms with Gasteiger partial charge in [0, 0.05) is 19.8 Å². The summed E-state index contributed by atoms with van der Waals surface area (Å²) < 4.78 is 0. The lowest BCUT2D eigenvalue weighted by Crippen LogP contribution is -2.23. The van der Waals surface area contributed by atoms with Crippen molar-refractivity contribution < 1.29 is 4.79 Å². The molecule has 2 aromatic rings. The van der Waals surface area contributed by atoms with E-state index in [1.807, 2.05) is 31.2 Å². The molecule has 0 radical (unpaired) electrons. The van der Waals surface area contributed by atoms with Gasteiger partial charge in [0.15, 0.2) is 0 Å². The van der Waals surface area contributed by atoms with Crippen LogP contribution >= 0.6 is 0 Å². The first-order valence-corrected chi connectivity index (χ1v) is 6.17. The van der Waals surface area contributed by atoms with Crippen LogP contribution in [0.25, 0.3) is 0 Å². The first-order chi connectivity index (χ1) is 9.20. The summed E-state index contributed by atoms with van der Waals surface area (Å²) in [7, 11) is 1.79. The zero-order valence-electron chi connectivity index (χ0n) is 11.1. The quantitative estimate of drug-likeness (QED) is 0.881. The molecule has 0 saturated carbocycles. The number of rotatable bonds is 4. The molecule has 2 N–H and O–H groups in total. The Kier molecular flexibility index (Phi) is 4.13. The van der Waals surface area contributed by atoms with E-state index < -0.39 is 0 Å². The zero-order valence-corrected chi connectivity index (χ0v) is 11.1. The van der Waals surface area contributed by atoms with Gasteiger partial charge >= 0.3 is 0 Å². The lowest BCUT2D eigenvalue weighted by atomic mass is 10.1. The second kappa shape index (κ2) is 6.00. The van der Waals surface area contributed by atoms with E-state index in [1.54, 1.807) is 25.4 Å². The first kappa shape index (κ1) is 13.1. The molecule has 0 fully saturated rings. The number of hydrogen-bond donors (Lipinski definition) is 2. The molecule has 0 aliphatic rings. The van der Waals surface area contributed by atoms with Gasteiger partial charge < -0.3 is 10.6 Å². The number of carbonyl (C=O) groups excluding carboxylic acids is 1. The Morgan fingerprint density at radius 2 is 2.00 bits per heavy atom. The van der Waals surface area contributed by atoms with Gasteiger partial charge in [-0.05, 0) is 30.2 Å². The number of benzene rings is 1. The summed E-state index contributed by atoms with van der Waals surface area (Å²) in [6.07, 6.45) is 1.57. The SMILES string of the molecule is CNc1ccc(C(=O)NCc2ccccc2C)cn1. The number of hydrogen-bond acceptors (Lipinski definition) is 3. The molecule has 0 atom stereocenters. The van der Waals surface area contributed by atoms with E-state index in [9.17, 15) is 4.79 Å². The first-order valence-electron chi connectivity index (χ1n) is 6.17. The molecule has 0 aliphatic heterocycles. The lowest BCUT2D eigenvalue weighted by molar-refractivity contribution is 0.0950. The van der Waals surface area contributed by atoms with Crippen LogP contribution < -0.4 is 10.6 Å². The number of amides is 1. The van der Waals surface area contributed by atoms with Crippen LogP contribution in [0.15, 0.2) is 42.6 Å². The molecule has 98 valence electrons. The predicted molar refractivity (Wildman–Crippen MR) is 76.1 cm³/mol. The minimum atomic E-state index is -0.113. The molecule has 1 amide bonds. The Morgan fingerprint density at radius 3 is 2.63 bits per heavy atom. The van der Waals surface area contributed by atoms with Crippen molar-refractivity contribution in [3.8, 4) is 0 Å². The monoisotopic (exact) mass is 255 g/mol. The molecule has 1 heterocycles. The predicted octanol–water partition coefficient (Wildman–Crippen LogP) is 2.36. The number of aromatic nitrogens is 1. The molecule has 4 nitrogen and oxygen atoms in total. The molecular formula is C15H17N3O. The smallest absolute Gasteiger partial charge is 0.253 e. The van der Waals surface area contributed by atoms with Crippen LogP contribution in [0, 0.1) is 6.92 Å². The lowest BCUT2D eigenvalue weighted by Gasteiger charge is -2.08. The Morgan fingerprint density at radius 1 is 1.21 bits per heavy atom. The highest BCUT2D eigenvalue weighted by Gasteiger charge is 2.06. The fourth-order valence-corrected chi connectivity index (χ4v) is 1.76. The summed E-state index contributed by atoms with van der Waals surface area (Å²) >= 11 is 0. The van der Waals surface area contributed by atoms with Gasteiger partial charge in [-0.25, -0.2) is 4.98 Å². The van der Waals surface area contributed by atoms with Gasteiger partial charge in [0.05, 0.1) is 5.56 Å². The molecule has 0 saturated heterocycles. The molecule has 0 aliphatic carbocycles. The van der Waals surface area contributed by atoms with Gasteiger partial charge in [-0.15, -0.1) is 0 Å². The third-order valence-electron chi connectivity index (χ3n) is 2.98. The Labute approximate surface area is 112 Å². The minimum absolute atomic E-state index is 0.113. The van der Waals surface area contributed by atoms with E-state index in [4.69, 9.17) is 0 Å². The zero-order chi connectivity index (χ0) is 13.7. The van der Waals surface area contributed by atoms with E-state index in [-0.39, 0.29) is 5.91 Å². The van der Waals surface area contributed by atoms with E-state index in [0.29, 0.717) is 12.1 Å². The van der Waals surface area contributed by atoms with E-state index in [2.05, 4.69) is 15.6 Å². The van der Waals surface area contributed by atoms with Crippen molar-refractivity contribution >= 4 is 11.7 Å². The number of aryl methyl sites for hydroxylation is 1. The normalized spacial score (nSPS) is 10.0. The third kappa shape index (κ3) is 3.31. The highest BCUT2D eigenvalue weighted by Crippen LogP contribution is 2.08.